The fraction of sp³-hybridized carbons (Fsp3) is 0.909. The zero-order chi connectivity index (χ0) is 11.0. The molecule has 3 nitrogen and oxygen atoms in total. The van der Waals surface area contributed by atoms with Crippen LogP contribution in [0.2, 0.25) is 0 Å². The molecule has 1 atom stereocenters. The van der Waals surface area contributed by atoms with Crippen LogP contribution in [-0.4, -0.2) is 29.9 Å². The van der Waals surface area contributed by atoms with E-state index in [-0.39, 0.29) is 24.4 Å². The van der Waals surface area contributed by atoms with Gasteiger partial charge < -0.3 is 10.6 Å². The van der Waals surface area contributed by atoms with E-state index in [1.807, 2.05) is 11.8 Å². The molecule has 0 spiro atoms. The Bertz CT molecular complexity index is 157. The van der Waals surface area contributed by atoms with Gasteiger partial charge in [0.1, 0.15) is 0 Å². The maximum atomic E-state index is 11.7. The number of nitrogens with zero attached hydrogens (tertiary/aromatic N) is 1. The molecule has 0 bridgehead atoms. The van der Waals surface area contributed by atoms with Crippen LogP contribution in [0.1, 0.15) is 46.5 Å². The molecule has 0 aliphatic rings. The number of nitrogens with two attached hydrogens (primary N) is 1. The molecule has 0 saturated carbocycles. The molecule has 0 aromatic heterocycles. The summed E-state index contributed by atoms with van der Waals surface area (Å²) in [6.07, 6.45) is 3.45. The number of amides is 1. The maximum Gasteiger partial charge on any atom is 0.222 e. The minimum absolute atomic E-state index is 0. The van der Waals surface area contributed by atoms with Gasteiger partial charge in [0.05, 0.1) is 0 Å². The molecule has 0 fully saturated rings. The summed E-state index contributed by atoms with van der Waals surface area (Å²) in [6.45, 7) is 7.90. The minimum Gasteiger partial charge on any atom is -0.343 e. The molecule has 1 unspecified atom stereocenters. The van der Waals surface area contributed by atoms with E-state index in [0.29, 0.717) is 6.42 Å². The molecule has 0 aromatic carbocycles. The third-order valence-corrected chi connectivity index (χ3v) is 2.15. The van der Waals surface area contributed by atoms with Crippen molar-refractivity contribution in [2.75, 3.05) is 13.1 Å². The highest BCUT2D eigenvalue weighted by atomic mass is 35.5. The third kappa shape index (κ3) is 8.70. The second-order valence-corrected chi connectivity index (χ2v) is 3.90. The van der Waals surface area contributed by atoms with Crippen molar-refractivity contribution in [1.82, 2.24) is 4.90 Å². The highest BCUT2D eigenvalue weighted by Crippen LogP contribution is 2.02. The number of hydrogen-bond donors (Lipinski definition) is 1. The lowest BCUT2D eigenvalue weighted by Crippen LogP contribution is -2.33. The summed E-state index contributed by atoms with van der Waals surface area (Å²) in [6, 6.07) is 0.129. The molecule has 15 heavy (non-hydrogen) atoms. The largest absolute Gasteiger partial charge is 0.343 e. The molecule has 0 aliphatic carbocycles. The van der Waals surface area contributed by atoms with Gasteiger partial charge in [0, 0.05) is 25.6 Å². The SMILES string of the molecule is CCCN(CCC)C(=O)CCC(C)N.Cl. The Kier molecular flexibility index (Phi) is 11.7. The van der Waals surface area contributed by atoms with Gasteiger partial charge in [-0.25, -0.2) is 0 Å². The van der Waals surface area contributed by atoms with Gasteiger partial charge in [-0.3, -0.25) is 4.79 Å². The molecule has 0 aromatic rings. The number of carbonyl (C=O) groups excluding carboxylic acids is 1. The Hall–Kier alpha value is -0.280. The molecule has 1 amide bonds. The lowest BCUT2D eigenvalue weighted by molar-refractivity contribution is -0.131. The molecule has 0 radical (unpaired) electrons. The van der Waals surface area contributed by atoms with Crippen molar-refractivity contribution in [2.24, 2.45) is 5.73 Å². The minimum atomic E-state index is 0. The lowest BCUT2D eigenvalue weighted by atomic mass is 10.2. The molecule has 0 saturated heterocycles. The van der Waals surface area contributed by atoms with Crippen molar-refractivity contribution < 1.29 is 4.79 Å². The van der Waals surface area contributed by atoms with E-state index in [9.17, 15) is 4.79 Å². The lowest BCUT2D eigenvalue weighted by Gasteiger charge is -2.21. The van der Waals surface area contributed by atoms with E-state index >= 15 is 0 Å². The summed E-state index contributed by atoms with van der Waals surface area (Å²) in [5.74, 6) is 0.256. The average Bonchev–Trinajstić information content (AvgIpc) is 2.14. The summed E-state index contributed by atoms with van der Waals surface area (Å²) in [4.78, 5) is 13.6. The fourth-order valence-electron chi connectivity index (χ4n) is 1.41. The van der Waals surface area contributed by atoms with E-state index in [1.54, 1.807) is 0 Å². The maximum absolute atomic E-state index is 11.7. The normalized spacial score (nSPS) is 11.7. The standard InChI is InChI=1S/C11H24N2O.ClH/c1-4-8-13(9-5-2)11(14)7-6-10(3)12;/h10H,4-9,12H2,1-3H3;1H. The fourth-order valence-corrected chi connectivity index (χ4v) is 1.41. The molecule has 2 N–H and O–H groups in total. The summed E-state index contributed by atoms with van der Waals surface area (Å²) < 4.78 is 0. The van der Waals surface area contributed by atoms with Crippen molar-refractivity contribution in [2.45, 2.75) is 52.5 Å². The van der Waals surface area contributed by atoms with Crippen LogP contribution in [0.5, 0.6) is 0 Å². The van der Waals surface area contributed by atoms with Crippen LogP contribution in [0.4, 0.5) is 0 Å². The van der Waals surface area contributed by atoms with Gasteiger partial charge in [-0.2, -0.15) is 0 Å². The molecule has 0 rings (SSSR count). The molecule has 92 valence electrons. The quantitative estimate of drug-likeness (QED) is 0.737. The first-order valence-electron chi connectivity index (χ1n) is 5.65. The monoisotopic (exact) mass is 236 g/mol. The van der Waals surface area contributed by atoms with E-state index in [2.05, 4.69) is 13.8 Å². The Morgan fingerprint density at radius 3 is 2.07 bits per heavy atom. The molecule has 0 aliphatic heterocycles. The van der Waals surface area contributed by atoms with Gasteiger partial charge in [-0.05, 0) is 26.2 Å². The molecular weight excluding hydrogens is 212 g/mol. The average molecular weight is 237 g/mol. The van der Waals surface area contributed by atoms with Crippen LogP contribution < -0.4 is 5.73 Å². The summed E-state index contributed by atoms with van der Waals surface area (Å²) in [7, 11) is 0. The second-order valence-electron chi connectivity index (χ2n) is 3.90. The van der Waals surface area contributed by atoms with E-state index in [1.165, 1.54) is 0 Å². The van der Waals surface area contributed by atoms with Crippen LogP contribution in [0.15, 0.2) is 0 Å². The van der Waals surface area contributed by atoms with Crippen molar-refractivity contribution in [3.63, 3.8) is 0 Å². The Morgan fingerprint density at radius 2 is 1.73 bits per heavy atom. The number of carbonyl (C=O) groups is 1. The molecule has 4 heteroatoms. The van der Waals surface area contributed by atoms with Crippen molar-refractivity contribution in [3.8, 4) is 0 Å². The van der Waals surface area contributed by atoms with Crippen LogP contribution >= 0.6 is 12.4 Å². The van der Waals surface area contributed by atoms with Crippen LogP contribution in [0.25, 0.3) is 0 Å². The predicted molar refractivity (Wildman–Crippen MR) is 67.3 cm³/mol. The predicted octanol–water partition coefficient (Wildman–Crippen LogP) is 2.18. The number of rotatable bonds is 7. The van der Waals surface area contributed by atoms with Crippen LogP contribution in [0, 0.1) is 0 Å². The zero-order valence-corrected chi connectivity index (χ0v) is 11.0. The molecule has 0 heterocycles. The first kappa shape index (κ1) is 17.1. The first-order valence-corrected chi connectivity index (χ1v) is 5.65. The van der Waals surface area contributed by atoms with Crippen molar-refractivity contribution >= 4 is 18.3 Å². The number of halogens is 1. The van der Waals surface area contributed by atoms with Gasteiger partial charge in [0.15, 0.2) is 0 Å². The summed E-state index contributed by atoms with van der Waals surface area (Å²) in [5, 5.41) is 0. The topological polar surface area (TPSA) is 46.3 Å². The highest BCUT2D eigenvalue weighted by molar-refractivity contribution is 5.85. The van der Waals surface area contributed by atoms with Crippen molar-refractivity contribution in [1.29, 1.82) is 0 Å². The van der Waals surface area contributed by atoms with Gasteiger partial charge >= 0.3 is 0 Å². The summed E-state index contributed by atoms with van der Waals surface area (Å²) in [5.41, 5.74) is 5.62. The number of hydrogen-bond acceptors (Lipinski definition) is 2. The Balaban J connectivity index is 0. The van der Waals surface area contributed by atoms with Crippen LogP contribution in [-0.2, 0) is 4.79 Å². The first-order chi connectivity index (χ1) is 6.61. The van der Waals surface area contributed by atoms with Gasteiger partial charge in [-0.1, -0.05) is 13.8 Å². The second kappa shape index (κ2) is 10.2. The Labute approximate surface area is 99.8 Å². The van der Waals surface area contributed by atoms with Gasteiger partial charge in [-0.15, -0.1) is 12.4 Å². The van der Waals surface area contributed by atoms with E-state index in [0.717, 1.165) is 32.4 Å². The van der Waals surface area contributed by atoms with E-state index in [4.69, 9.17) is 5.73 Å². The zero-order valence-electron chi connectivity index (χ0n) is 10.2. The smallest absolute Gasteiger partial charge is 0.222 e. The highest BCUT2D eigenvalue weighted by Gasteiger charge is 2.11. The van der Waals surface area contributed by atoms with Crippen LogP contribution in [0.3, 0.4) is 0 Å². The van der Waals surface area contributed by atoms with Gasteiger partial charge in [0.2, 0.25) is 5.91 Å². The summed E-state index contributed by atoms with van der Waals surface area (Å²) >= 11 is 0. The van der Waals surface area contributed by atoms with E-state index < -0.39 is 0 Å². The molecular formula is C11H25ClN2O. The van der Waals surface area contributed by atoms with Gasteiger partial charge in [0.25, 0.3) is 0 Å². The Morgan fingerprint density at radius 1 is 1.27 bits per heavy atom. The third-order valence-electron chi connectivity index (χ3n) is 2.15. The van der Waals surface area contributed by atoms with Crippen molar-refractivity contribution in [3.05, 3.63) is 0 Å².